The van der Waals surface area contributed by atoms with Gasteiger partial charge in [-0.3, -0.25) is 0 Å². The van der Waals surface area contributed by atoms with Crippen LogP contribution in [0.1, 0.15) is 30.4 Å². The average molecular weight is 839 g/mol. The number of furan rings is 1. The van der Waals surface area contributed by atoms with E-state index in [0.717, 1.165) is 46.8 Å². The van der Waals surface area contributed by atoms with Crippen molar-refractivity contribution in [2.75, 3.05) is 0 Å². The number of hydrogen-bond donors (Lipinski definition) is 0. The summed E-state index contributed by atoms with van der Waals surface area (Å²) >= 11 is 0. The van der Waals surface area contributed by atoms with Gasteiger partial charge in [0.05, 0.1) is 0 Å². The van der Waals surface area contributed by atoms with Gasteiger partial charge in [0.15, 0.2) is 0 Å². The molecule has 0 saturated heterocycles. The zero-order chi connectivity index (χ0) is 43.6. The van der Waals surface area contributed by atoms with E-state index < -0.39 is 0 Å². The smallest absolute Gasteiger partial charge is 0.136 e. The Morgan fingerprint density at radius 1 is 0.424 bits per heavy atom. The lowest BCUT2D eigenvalue weighted by atomic mass is 9.83. The second-order valence-electron chi connectivity index (χ2n) is 17.5. The van der Waals surface area contributed by atoms with Crippen molar-refractivity contribution in [1.82, 2.24) is 0 Å². The predicted molar refractivity (Wildman–Crippen MR) is 281 cm³/mol. The molecule has 11 aromatic rings. The van der Waals surface area contributed by atoms with E-state index in [-0.39, 0.29) is 0 Å². The van der Waals surface area contributed by atoms with Crippen LogP contribution in [-0.4, -0.2) is 0 Å². The second-order valence-corrected chi connectivity index (χ2v) is 17.5. The summed E-state index contributed by atoms with van der Waals surface area (Å²) in [4.78, 5) is 0. The molecule has 13 rings (SSSR count). The maximum atomic E-state index is 6.80. The molecule has 0 spiro atoms. The van der Waals surface area contributed by atoms with Crippen LogP contribution in [-0.2, 0) is 0 Å². The van der Waals surface area contributed by atoms with E-state index in [0.29, 0.717) is 0 Å². The summed E-state index contributed by atoms with van der Waals surface area (Å²) in [5.74, 6) is 6.42. The third kappa shape index (κ3) is 6.18. The van der Waals surface area contributed by atoms with E-state index in [1.807, 2.05) is 6.08 Å². The quantitative estimate of drug-likeness (QED) is 0.120. The first-order valence-corrected chi connectivity index (χ1v) is 23.0. The standard InChI is InChI=1S/C65H42O/c1-2-6-21-42(20-5-1)46-38-47(43-22-7-3-8-23-43)40-48(39-46)63-53-30-15-17-32-55(53)64(56-33-18-16-31-54(56)63)57-34-19-35-60-65(57)58-41-45(36-37-59(58)66-60)62-51-28-13-11-26-49(51)61(44-24-9-4-10-25-44)50-27-12-14-29-52(50)62/h3-5,7-9,11-24,26-41H,6,10,25H2. The molecule has 0 amide bonds. The van der Waals surface area contributed by atoms with Crippen LogP contribution >= 0.6 is 0 Å². The molecule has 0 aliphatic heterocycles. The zero-order valence-corrected chi connectivity index (χ0v) is 36.3. The number of hydrogen-bond acceptors (Lipinski definition) is 1. The van der Waals surface area contributed by atoms with Crippen LogP contribution in [0.5, 0.6) is 0 Å². The molecule has 1 heteroatoms. The van der Waals surface area contributed by atoms with Crippen LogP contribution in [0, 0.1) is 11.8 Å². The molecule has 1 nitrogen and oxygen atoms in total. The van der Waals surface area contributed by atoms with Gasteiger partial charge < -0.3 is 4.42 Å². The molecule has 0 unspecified atom stereocenters. The molecule has 0 radical (unpaired) electrons. The fourth-order valence-corrected chi connectivity index (χ4v) is 10.9. The number of allylic oxidation sites excluding steroid dienone is 8. The lowest BCUT2D eigenvalue weighted by molar-refractivity contribution is 0.669. The number of rotatable bonds is 6. The Labute approximate surface area is 384 Å². The summed E-state index contributed by atoms with van der Waals surface area (Å²) in [6.07, 6.45) is 16.0. The Balaban J connectivity index is 1.06. The van der Waals surface area contributed by atoms with Crippen LogP contribution in [0.25, 0.3) is 121 Å². The fourth-order valence-electron chi connectivity index (χ4n) is 10.9. The molecule has 2 aliphatic rings. The van der Waals surface area contributed by atoms with E-state index >= 15 is 0 Å². The lowest BCUT2D eigenvalue weighted by Gasteiger charge is -2.20. The summed E-state index contributed by atoms with van der Waals surface area (Å²) in [5.41, 5.74) is 16.5. The number of fused-ring (bicyclic) bond motifs is 7. The minimum atomic E-state index is 0.722. The molecule has 66 heavy (non-hydrogen) atoms. The van der Waals surface area contributed by atoms with Crippen molar-refractivity contribution in [3.63, 3.8) is 0 Å². The largest absolute Gasteiger partial charge is 0.456 e. The molecule has 0 saturated carbocycles. The molecule has 0 N–H and O–H groups in total. The second kappa shape index (κ2) is 15.7. The van der Waals surface area contributed by atoms with Gasteiger partial charge in [-0.1, -0.05) is 182 Å². The van der Waals surface area contributed by atoms with E-state index in [9.17, 15) is 0 Å². The highest BCUT2D eigenvalue weighted by molar-refractivity contribution is 6.26. The lowest BCUT2D eigenvalue weighted by Crippen LogP contribution is -1.95. The van der Waals surface area contributed by atoms with Crippen molar-refractivity contribution in [2.45, 2.75) is 19.3 Å². The first-order chi connectivity index (χ1) is 32.8. The van der Waals surface area contributed by atoms with Gasteiger partial charge in [0.2, 0.25) is 0 Å². The summed E-state index contributed by atoms with van der Waals surface area (Å²) in [6, 6.07) is 67.1. The van der Waals surface area contributed by atoms with Crippen molar-refractivity contribution >= 4 is 76.2 Å². The van der Waals surface area contributed by atoms with Gasteiger partial charge in [0, 0.05) is 17.2 Å². The Morgan fingerprint density at radius 3 is 1.67 bits per heavy atom. The molecule has 0 atom stereocenters. The summed E-state index contributed by atoms with van der Waals surface area (Å²) in [7, 11) is 0. The third-order valence-electron chi connectivity index (χ3n) is 13.8. The zero-order valence-electron chi connectivity index (χ0n) is 36.3. The van der Waals surface area contributed by atoms with Gasteiger partial charge >= 0.3 is 0 Å². The van der Waals surface area contributed by atoms with E-state index in [2.05, 4.69) is 224 Å². The third-order valence-corrected chi connectivity index (χ3v) is 13.8. The van der Waals surface area contributed by atoms with Crippen LogP contribution in [0.2, 0.25) is 0 Å². The minimum absolute atomic E-state index is 0.722. The van der Waals surface area contributed by atoms with Crippen molar-refractivity contribution in [3.8, 4) is 56.3 Å². The predicted octanol–water partition coefficient (Wildman–Crippen LogP) is 17.9. The van der Waals surface area contributed by atoms with Gasteiger partial charge in [-0.15, -0.1) is 0 Å². The van der Waals surface area contributed by atoms with Crippen LogP contribution in [0.3, 0.4) is 0 Å². The van der Waals surface area contributed by atoms with Crippen LogP contribution in [0.4, 0.5) is 0 Å². The molecule has 1 heterocycles. The molecule has 0 bridgehead atoms. The van der Waals surface area contributed by atoms with Crippen LogP contribution < -0.4 is 0 Å². The van der Waals surface area contributed by atoms with Gasteiger partial charge in [-0.25, -0.2) is 0 Å². The Hall–Kier alpha value is -8.44. The Kier molecular flexibility index (Phi) is 9.03. The average Bonchev–Trinajstić information content (AvgIpc) is 3.53. The Morgan fingerprint density at radius 2 is 1.02 bits per heavy atom. The molecular weight excluding hydrogens is 797 g/mol. The summed E-state index contributed by atoms with van der Waals surface area (Å²) in [5, 5.41) is 12.2. The van der Waals surface area contributed by atoms with Crippen molar-refractivity contribution in [3.05, 3.63) is 230 Å². The van der Waals surface area contributed by atoms with Gasteiger partial charge in [-0.2, -0.15) is 0 Å². The van der Waals surface area contributed by atoms with Crippen molar-refractivity contribution in [2.24, 2.45) is 0 Å². The van der Waals surface area contributed by atoms with Crippen molar-refractivity contribution in [1.29, 1.82) is 0 Å². The van der Waals surface area contributed by atoms with Gasteiger partial charge in [-0.05, 0) is 171 Å². The fraction of sp³-hybridized carbons (Fsp3) is 0.0462. The molecule has 0 fully saturated rings. The van der Waals surface area contributed by atoms with Gasteiger partial charge in [0.25, 0.3) is 0 Å². The van der Waals surface area contributed by atoms with E-state index in [4.69, 9.17) is 4.42 Å². The first kappa shape index (κ1) is 38.1. The van der Waals surface area contributed by atoms with E-state index in [1.165, 1.54) is 104 Å². The molecule has 10 aromatic carbocycles. The topological polar surface area (TPSA) is 13.1 Å². The van der Waals surface area contributed by atoms with E-state index in [1.54, 1.807) is 0 Å². The summed E-state index contributed by atoms with van der Waals surface area (Å²) < 4.78 is 6.80. The highest BCUT2D eigenvalue weighted by atomic mass is 16.3. The minimum Gasteiger partial charge on any atom is -0.456 e. The normalized spacial score (nSPS) is 13.6. The molecule has 1 aromatic heterocycles. The maximum Gasteiger partial charge on any atom is 0.136 e. The maximum absolute atomic E-state index is 6.80. The highest BCUT2D eigenvalue weighted by Crippen LogP contribution is 2.49. The Bertz CT molecular complexity index is 3890. The number of benzene rings is 10. The van der Waals surface area contributed by atoms with Gasteiger partial charge in [0.1, 0.15) is 11.2 Å². The first-order valence-electron chi connectivity index (χ1n) is 23.0. The molecular formula is C65H42O. The molecule has 308 valence electrons. The molecule has 2 aliphatic carbocycles. The highest BCUT2D eigenvalue weighted by Gasteiger charge is 2.23. The monoisotopic (exact) mass is 838 g/mol. The summed E-state index contributed by atoms with van der Waals surface area (Å²) in [6.45, 7) is 0. The van der Waals surface area contributed by atoms with Crippen LogP contribution in [0.15, 0.2) is 223 Å². The van der Waals surface area contributed by atoms with Crippen molar-refractivity contribution < 1.29 is 4.42 Å². The SMILES string of the molecule is C1#CCC=C(c2cc(-c3ccccc3)cc(-c3c4ccccc4c(-c4cccc5oc6ccc(-c7c8ccccc8c(C8=CC=CCC8)c8ccccc78)cc6c45)c4ccccc34)c2)C=C1.